The van der Waals surface area contributed by atoms with E-state index in [1.54, 1.807) is 0 Å². The second-order valence-electron chi connectivity index (χ2n) is 7.02. The Morgan fingerprint density at radius 2 is 1.95 bits per heavy atom. The van der Waals surface area contributed by atoms with Crippen LogP contribution in [0.15, 0.2) is 30.3 Å². The number of hydrogen-bond acceptors (Lipinski definition) is 1. The highest BCUT2D eigenvalue weighted by Crippen LogP contribution is 2.41. The molecular formula is C16H24BOP. The van der Waals surface area contributed by atoms with Crippen molar-refractivity contribution in [3.8, 4) is 0 Å². The Labute approximate surface area is 121 Å². The van der Waals surface area contributed by atoms with Crippen LogP contribution < -0.4 is 0 Å². The largest absolute Gasteiger partial charge is 0.381 e. The molecule has 1 aromatic carbocycles. The maximum atomic E-state index is 6.44. The van der Waals surface area contributed by atoms with Crippen LogP contribution in [0.4, 0.5) is 0 Å². The van der Waals surface area contributed by atoms with E-state index in [0.29, 0.717) is 5.66 Å². The molecule has 1 aliphatic rings. The van der Waals surface area contributed by atoms with Crippen LogP contribution in [-0.4, -0.2) is 25.1 Å². The number of benzene rings is 1. The van der Waals surface area contributed by atoms with Gasteiger partial charge in [-0.2, -0.15) is 0 Å². The zero-order valence-corrected chi connectivity index (χ0v) is 13.4. The molecule has 1 fully saturated rings. The lowest BCUT2D eigenvalue weighted by atomic mass is 9.69. The van der Waals surface area contributed by atoms with Crippen molar-refractivity contribution in [3.63, 3.8) is 0 Å². The van der Waals surface area contributed by atoms with Gasteiger partial charge in [-0.15, -0.1) is 9.24 Å². The Hall–Kier alpha value is -0.325. The Balaban J connectivity index is 2.01. The zero-order chi connectivity index (χ0) is 14.1. The average molecular weight is 274 g/mol. The highest BCUT2D eigenvalue weighted by molar-refractivity contribution is 7.17. The highest BCUT2D eigenvalue weighted by atomic mass is 31.0. The van der Waals surface area contributed by atoms with E-state index in [1.807, 2.05) is 6.07 Å². The lowest BCUT2D eigenvalue weighted by Gasteiger charge is -2.32. The molecule has 2 rings (SSSR count). The van der Waals surface area contributed by atoms with E-state index >= 15 is 0 Å². The fraction of sp³-hybridized carbons (Fsp3) is 0.625. The van der Waals surface area contributed by atoms with Gasteiger partial charge in [0.15, 0.2) is 0 Å². The maximum Gasteiger partial charge on any atom is 0.113 e. The molecule has 1 heterocycles. The lowest BCUT2D eigenvalue weighted by Crippen LogP contribution is -2.34. The number of hydrogen-bond donors (Lipinski definition) is 0. The van der Waals surface area contributed by atoms with Gasteiger partial charge in [-0.25, -0.2) is 0 Å². The summed E-state index contributed by atoms with van der Waals surface area (Å²) < 4.78 is 6.20. The van der Waals surface area contributed by atoms with Crippen molar-refractivity contribution in [2.75, 3.05) is 0 Å². The maximum absolute atomic E-state index is 6.44. The van der Waals surface area contributed by atoms with Gasteiger partial charge in [-0.05, 0) is 30.2 Å². The molecule has 1 aliphatic heterocycles. The van der Waals surface area contributed by atoms with Crippen molar-refractivity contribution in [3.05, 3.63) is 35.9 Å². The summed E-state index contributed by atoms with van der Waals surface area (Å²) in [5.74, 6) is 0. The van der Waals surface area contributed by atoms with Crippen molar-refractivity contribution in [1.29, 1.82) is 0 Å². The quantitative estimate of drug-likeness (QED) is 0.605. The van der Waals surface area contributed by atoms with E-state index in [0.717, 1.165) is 19.3 Å². The van der Waals surface area contributed by atoms with Gasteiger partial charge in [0.1, 0.15) is 7.85 Å². The smallest absolute Gasteiger partial charge is 0.113 e. The van der Waals surface area contributed by atoms with Crippen molar-refractivity contribution >= 4 is 17.1 Å². The first-order valence-corrected chi connectivity index (χ1v) is 7.70. The fourth-order valence-electron chi connectivity index (χ4n) is 3.02. The molecule has 2 unspecified atom stereocenters. The van der Waals surface area contributed by atoms with Crippen LogP contribution in [0.3, 0.4) is 0 Å². The second kappa shape index (κ2) is 5.58. The molecule has 0 aliphatic carbocycles. The summed E-state index contributed by atoms with van der Waals surface area (Å²) in [6, 6.07) is 10.5. The minimum Gasteiger partial charge on any atom is -0.381 e. The van der Waals surface area contributed by atoms with Crippen LogP contribution in [0.5, 0.6) is 0 Å². The predicted octanol–water partition coefficient (Wildman–Crippen LogP) is 3.56. The van der Waals surface area contributed by atoms with Crippen LogP contribution in [0.2, 0.25) is 0 Å². The third-order valence-electron chi connectivity index (χ3n) is 3.55. The van der Waals surface area contributed by atoms with Crippen molar-refractivity contribution in [1.82, 2.24) is 0 Å². The van der Waals surface area contributed by atoms with Gasteiger partial charge in [0.05, 0.1) is 6.10 Å². The van der Waals surface area contributed by atoms with Crippen molar-refractivity contribution in [2.24, 2.45) is 5.41 Å². The molecule has 3 heteroatoms. The van der Waals surface area contributed by atoms with Crippen LogP contribution in [0, 0.1) is 5.41 Å². The Morgan fingerprint density at radius 1 is 1.32 bits per heavy atom. The molecule has 0 N–H and O–H groups in total. The summed E-state index contributed by atoms with van der Waals surface area (Å²) in [4.78, 5) is 0. The first kappa shape index (κ1) is 15.1. The minimum atomic E-state index is -0.468. The standard InChI is InChI=1S/C16H24BOP/c1-15(2,3)11-16(17)10-14(19)13(18-16)9-12-7-5-4-6-8-12/h4-8,13-14H,9-11,19H2,1-3H3/t13?,14-,16+/m1/s1. The lowest BCUT2D eigenvalue weighted by molar-refractivity contribution is -0.00626. The molecular weight excluding hydrogens is 250 g/mol. The molecule has 1 saturated heterocycles. The summed E-state index contributed by atoms with van der Waals surface area (Å²) in [6.45, 7) is 6.65. The van der Waals surface area contributed by atoms with Gasteiger partial charge >= 0.3 is 0 Å². The zero-order valence-electron chi connectivity index (χ0n) is 12.2. The molecule has 0 saturated carbocycles. The number of rotatable bonds is 3. The van der Waals surface area contributed by atoms with Crippen LogP contribution in [0.25, 0.3) is 0 Å². The van der Waals surface area contributed by atoms with Gasteiger partial charge in [0.25, 0.3) is 0 Å². The van der Waals surface area contributed by atoms with Gasteiger partial charge in [-0.3, -0.25) is 0 Å². The second-order valence-corrected chi connectivity index (χ2v) is 7.87. The first-order chi connectivity index (χ1) is 8.77. The van der Waals surface area contributed by atoms with E-state index in [9.17, 15) is 0 Å². The highest BCUT2D eigenvalue weighted by Gasteiger charge is 2.42. The van der Waals surface area contributed by atoms with Gasteiger partial charge < -0.3 is 4.74 Å². The van der Waals surface area contributed by atoms with Crippen LogP contribution in [-0.2, 0) is 11.2 Å². The SMILES string of the molecule is [B][C@@]1(CC(C)(C)C)C[C@@H](P)C(Cc2ccccc2)O1. The molecule has 0 spiro atoms. The average Bonchev–Trinajstić information content (AvgIpc) is 2.52. The molecule has 4 atom stereocenters. The molecule has 0 amide bonds. The Bertz CT molecular complexity index is 415. The van der Waals surface area contributed by atoms with E-state index in [-0.39, 0.29) is 11.5 Å². The molecule has 0 aromatic heterocycles. The van der Waals surface area contributed by atoms with E-state index in [4.69, 9.17) is 12.6 Å². The predicted molar refractivity (Wildman–Crippen MR) is 85.7 cm³/mol. The van der Waals surface area contributed by atoms with Crippen LogP contribution >= 0.6 is 9.24 Å². The summed E-state index contributed by atoms with van der Waals surface area (Å²) in [6.07, 6.45) is 2.97. The van der Waals surface area contributed by atoms with E-state index in [1.165, 1.54) is 5.56 Å². The third-order valence-corrected chi connectivity index (χ3v) is 4.22. The minimum absolute atomic E-state index is 0.195. The summed E-state index contributed by atoms with van der Waals surface area (Å²) in [5, 5.41) is 0. The Morgan fingerprint density at radius 3 is 2.53 bits per heavy atom. The molecule has 1 aromatic rings. The van der Waals surface area contributed by atoms with Crippen LogP contribution in [0.1, 0.15) is 39.2 Å². The van der Waals surface area contributed by atoms with Gasteiger partial charge in [0, 0.05) is 11.2 Å². The molecule has 1 nitrogen and oxygen atoms in total. The van der Waals surface area contributed by atoms with E-state index in [2.05, 4.69) is 54.3 Å². The summed E-state index contributed by atoms with van der Waals surface area (Å²) in [5.41, 5.74) is 1.48. The first-order valence-electron chi connectivity index (χ1n) is 7.04. The van der Waals surface area contributed by atoms with Crippen molar-refractivity contribution in [2.45, 2.75) is 57.3 Å². The fourth-order valence-corrected chi connectivity index (χ4v) is 3.63. The summed E-state index contributed by atoms with van der Waals surface area (Å²) >= 11 is 0. The topological polar surface area (TPSA) is 9.23 Å². The van der Waals surface area contributed by atoms with Crippen molar-refractivity contribution < 1.29 is 4.74 Å². The Kier molecular flexibility index (Phi) is 4.43. The van der Waals surface area contributed by atoms with Gasteiger partial charge in [0.2, 0.25) is 0 Å². The normalized spacial score (nSPS) is 31.6. The third kappa shape index (κ3) is 4.33. The molecule has 0 bridgehead atoms. The summed E-state index contributed by atoms with van der Waals surface area (Å²) in [7, 11) is 9.36. The molecule has 102 valence electrons. The molecule has 2 radical (unpaired) electrons. The monoisotopic (exact) mass is 274 g/mol. The van der Waals surface area contributed by atoms with Gasteiger partial charge in [-0.1, -0.05) is 51.1 Å². The number of ether oxygens (including phenoxy) is 1. The molecule has 19 heavy (non-hydrogen) atoms. The van der Waals surface area contributed by atoms with E-state index < -0.39 is 5.50 Å².